The van der Waals surface area contributed by atoms with Crippen LogP contribution in [-0.2, 0) is 10.4 Å². The maximum Gasteiger partial charge on any atom is 0.261 e. The summed E-state index contributed by atoms with van der Waals surface area (Å²) in [4.78, 5) is 11.6. The van der Waals surface area contributed by atoms with Gasteiger partial charge in [0.1, 0.15) is 0 Å². The highest BCUT2D eigenvalue weighted by Gasteiger charge is 2.45. The molecule has 0 spiro atoms. The van der Waals surface area contributed by atoms with Crippen LogP contribution in [0.25, 0.3) is 0 Å². The summed E-state index contributed by atoms with van der Waals surface area (Å²) in [6, 6.07) is 6.96. The number of aliphatic hydroxyl groups is 2. The molecule has 0 aliphatic carbocycles. The molecule has 1 aromatic rings. The highest BCUT2D eigenvalue weighted by atomic mass is 16.3. The van der Waals surface area contributed by atoms with Crippen molar-refractivity contribution in [2.75, 3.05) is 5.32 Å². The Labute approximate surface area is 87.6 Å². The largest absolute Gasteiger partial charge is 0.393 e. The molecule has 1 aliphatic heterocycles. The zero-order valence-electron chi connectivity index (χ0n) is 8.40. The minimum absolute atomic E-state index is 0.00977. The second-order valence-corrected chi connectivity index (χ2v) is 3.91. The summed E-state index contributed by atoms with van der Waals surface area (Å²) in [6.45, 7) is 1.55. The van der Waals surface area contributed by atoms with Gasteiger partial charge in [-0.15, -0.1) is 0 Å². The number of carbonyl (C=O) groups excluding carboxylic acids is 1. The summed E-state index contributed by atoms with van der Waals surface area (Å²) >= 11 is 0. The number of aliphatic hydroxyl groups excluding tert-OH is 1. The summed E-state index contributed by atoms with van der Waals surface area (Å²) in [5, 5.41) is 22.1. The predicted molar refractivity (Wildman–Crippen MR) is 55.3 cm³/mol. The van der Waals surface area contributed by atoms with Crippen molar-refractivity contribution in [2.45, 2.75) is 25.0 Å². The fourth-order valence-electron chi connectivity index (χ4n) is 1.93. The Morgan fingerprint density at radius 2 is 2.13 bits per heavy atom. The monoisotopic (exact) mass is 207 g/mol. The van der Waals surface area contributed by atoms with E-state index in [1.165, 1.54) is 0 Å². The first-order valence-corrected chi connectivity index (χ1v) is 4.85. The van der Waals surface area contributed by atoms with Crippen molar-refractivity contribution >= 4 is 11.6 Å². The smallest absolute Gasteiger partial charge is 0.261 e. The van der Waals surface area contributed by atoms with Crippen molar-refractivity contribution in [1.82, 2.24) is 0 Å². The summed E-state index contributed by atoms with van der Waals surface area (Å²) in [5.41, 5.74) is -0.438. The van der Waals surface area contributed by atoms with E-state index in [0.29, 0.717) is 11.3 Å². The first kappa shape index (κ1) is 10.1. The average molecular weight is 207 g/mol. The van der Waals surface area contributed by atoms with E-state index in [-0.39, 0.29) is 6.42 Å². The zero-order chi connectivity index (χ0) is 11.1. The Balaban J connectivity index is 2.44. The lowest BCUT2D eigenvalue weighted by Gasteiger charge is -2.22. The van der Waals surface area contributed by atoms with Gasteiger partial charge in [-0.1, -0.05) is 18.2 Å². The Bertz CT molecular complexity index is 403. The highest BCUT2D eigenvalue weighted by molar-refractivity contribution is 6.04. The average Bonchev–Trinajstić information content (AvgIpc) is 2.39. The fraction of sp³-hybridized carbons (Fsp3) is 0.364. The topological polar surface area (TPSA) is 69.6 Å². The molecule has 1 aliphatic rings. The van der Waals surface area contributed by atoms with Crippen LogP contribution in [0.15, 0.2) is 24.3 Å². The first-order chi connectivity index (χ1) is 7.04. The van der Waals surface area contributed by atoms with Crippen molar-refractivity contribution in [2.24, 2.45) is 0 Å². The highest BCUT2D eigenvalue weighted by Crippen LogP contribution is 2.38. The second kappa shape index (κ2) is 3.32. The van der Waals surface area contributed by atoms with E-state index in [9.17, 15) is 15.0 Å². The molecule has 4 heteroatoms. The van der Waals surface area contributed by atoms with Crippen LogP contribution in [0.4, 0.5) is 5.69 Å². The number of nitrogens with one attached hydrogen (secondary N) is 1. The standard InChI is InChI=1S/C11H13NO3/c1-7(13)6-11(15)8-4-2-3-5-9(8)12-10(11)14/h2-5,7,13,15H,6H2,1H3,(H,12,14). The van der Waals surface area contributed by atoms with E-state index in [4.69, 9.17) is 0 Å². The maximum absolute atomic E-state index is 11.6. The van der Waals surface area contributed by atoms with Gasteiger partial charge >= 0.3 is 0 Å². The third kappa shape index (κ3) is 1.52. The molecule has 2 rings (SSSR count). The van der Waals surface area contributed by atoms with Gasteiger partial charge < -0.3 is 15.5 Å². The molecule has 0 saturated carbocycles. The van der Waals surface area contributed by atoms with Crippen LogP contribution in [0.1, 0.15) is 18.9 Å². The number of hydrogen-bond donors (Lipinski definition) is 3. The van der Waals surface area contributed by atoms with Crippen LogP contribution in [0.2, 0.25) is 0 Å². The van der Waals surface area contributed by atoms with Gasteiger partial charge in [0.25, 0.3) is 5.91 Å². The molecule has 0 radical (unpaired) electrons. The number of rotatable bonds is 2. The summed E-state index contributed by atoms with van der Waals surface area (Å²) in [5.74, 6) is -0.468. The van der Waals surface area contributed by atoms with Gasteiger partial charge in [-0.3, -0.25) is 4.79 Å². The number of carbonyl (C=O) groups is 1. The molecule has 1 heterocycles. The summed E-state index contributed by atoms with van der Waals surface area (Å²) < 4.78 is 0. The van der Waals surface area contributed by atoms with Crippen molar-refractivity contribution in [3.63, 3.8) is 0 Å². The van der Waals surface area contributed by atoms with Gasteiger partial charge in [0, 0.05) is 17.7 Å². The van der Waals surface area contributed by atoms with Crippen LogP contribution in [-0.4, -0.2) is 22.2 Å². The molecule has 2 unspecified atom stereocenters. The Morgan fingerprint density at radius 1 is 1.47 bits per heavy atom. The molecule has 2 atom stereocenters. The Kier molecular flexibility index (Phi) is 2.25. The molecule has 0 saturated heterocycles. The Hall–Kier alpha value is -1.39. The molecule has 1 aromatic carbocycles. The van der Waals surface area contributed by atoms with E-state index >= 15 is 0 Å². The van der Waals surface area contributed by atoms with E-state index < -0.39 is 17.6 Å². The molecule has 0 fully saturated rings. The minimum atomic E-state index is -1.59. The lowest BCUT2D eigenvalue weighted by Crippen LogP contribution is -2.37. The lowest BCUT2D eigenvalue weighted by molar-refractivity contribution is -0.136. The van der Waals surface area contributed by atoms with E-state index in [0.717, 1.165) is 0 Å². The van der Waals surface area contributed by atoms with Gasteiger partial charge in [-0.25, -0.2) is 0 Å². The van der Waals surface area contributed by atoms with Crippen LogP contribution in [0.3, 0.4) is 0 Å². The predicted octanol–water partition coefficient (Wildman–Crippen LogP) is 0.597. The molecular weight excluding hydrogens is 194 g/mol. The quantitative estimate of drug-likeness (QED) is 0.665. The molecular formula is C11H13NO3. The first-order valence-electron chi connectivity index (χ1n) is 4.85. The summed E-state index contributed by atoms with van der Waals surface area (Å²) in [6.07, 6.45) is -0.720. The third-order valence-corrected chi connectivity index (χ3v) is 2.59. The second-order valence-electron chi connectivity index (χ2n) is 3.91. The van der Waals surface area contributed by atoms with Crippen molar-refractivity contribution in [1.29, 1.82) is 0 Å². The minimum Gasteiger partial charge on any atom is -0.393 e. The lowest BCUT2D eigenvalue weighted by atomic mass is 9.90. The van der Waals surface area contributed by atoms with E-state index in [1.807, 2.05) is 0 Å². The number of anilines is 1. The van der Waals surface area contributed by atoms with Crippen LogP contribution in [0, 0.1) is 0 Å². The van der Waals surface area contributed by atoms with Crippen molar-refractivity contribution in [3.05, 3.63) is 29.8 Å². The SMILES string of the molecule is CC(O)CC1(O)C(=O)Nc2ccccc21. The normalized spacial score (nSPS) is 25.9. The molecule has 4 nitrogen and oxygen atoms in total. The summed E-state index contributed by atoms with van der Waals surface area (Å²) in [7, 11) is 0. The molecule has 0 aromatic heterocycles. The van der Waals surface area contributed by atoms with Crippen molar-refractivity contribution < 1.29 is 15.0 Å². The van der Waals surface area contributed by atoms with E-state index in [1.54, 1.807) is 31.2 Å². The van der Waals surface area contributed by atoms with Gasteiger partial charge in [0.05, 0.1) is 6.10 Å². The number of fused-ring (bicyclic) bond motifs is 1. The number of benzene rings is 1. The van der Waals surface area contributed by atoms with Crippen molar-refractivity contribution in [3.8, 4) is 0 Å². The van der Waals surface area contributed by atoms with Crippen LogP contribution < -0.4 is 5.32 Å². The van der Waals surface area contributed by atoms with Crippen LogP contribution in [0.5, 0.6) is 0 Å². The number of amides is 1. The molecule has 15 heavy (non-hydrogen) atoms. The third-order valence-electron chi connectivity index (χ3n) is 2.59. The molecule has 80 valence electrons. The zero-order valence-corrected chi connectivity index (χ0v) is 8.40. The van der Waals surface area contributed by atoms with Crippen LogP contribution >= 0.6 is 0 Å². The number of para-hydroxylation sites is 1. The Morgan fingerprint density at radius 3 is 2.80 bits per heavy atom. The number of hydrogen-bond acceptors (Lipinski definition) is 3. The molecule has 3 N–H and O–H groups in total. The molecule has 1 amide bonds. The van der Waals surface area contributed by atoms with Gasteiger partial charge in [-0.2, -0.15) is 0 Å². The van der Waals surface area contributed by atoms with Gasteiger partial charge in [0.2, 0.25) is 0 Å². The fourth-order valence-corrected chi connectivity index (χ4v) is 1.93. The van der Waals surface area contributed by atoms with Gasteiger partial charge in [0.15, 0.2) is 5.60 Å². The van der Waals surface area contributed by atoms with Gasteiger partial charge in [-0.05, 0) is 13.0 Å². The molecule has 0 bridgehead atoms. The van der Waals surface area contributed by atoms with E-state index in [2.05, 4.69) is 5.32 Å². The maximum atomic E-state index is 11.6.